The molecule has 0 amide bonds. The maximum absolute atomic E-state index is 11.9. The van der Waals surface area contributed by atoms with Crippen LogP contribution in [0.2, 0.25) is 0 Å². The van der Waals surface area contributed by atoms with Gasteiger partial charge in [-0.15, -0.1) is 0 Å². The van der Waals surface area contributed by atoms with E-state index in [1.54, 1.807) is 30.5 Å². The van der Waals surface area contributed by atoms with E-state index in [9.17, 15) is 9.90 Å². The molecule has 0 fully saturated rings. The standard InChI is InChI=1S/C16H14N2O6/c19-15(11-7-13-9(17-11)1-3-21-13)23-5-6-24-16(20)12-8-14-10(18-12)2-4-22-14/h1-4,7-8,15,17-19H,5-6H2. The Bertz CT molecular complexity index is 918. The van der Waals surface area contributed by atoms with Gasteiger partial charge in [0.2, 0.25) is 0 Å². The fourth-order valence-electron chi connectivity index (χ4n) is 2.42. The molecular weight excluding hydrogens is 316 g/mol. The summed E-state index contributed by atoms with van der Waals surface area (Å²) < 4.78 is 20.7. The number of furan rings is 2. The molecule has 4 aromatic heterocycles. The molecule has 0 saturated heterocycles. The molecule has 0 saturated carbocycles. The van der Waals surface area contributed by atoms with Gasteiger partial charge >= 0.3 is 5.97 Å². The number of esters is 1. The van der Waals surface area contributed by atoms with Crippen LogP contribution in [0.15, 0.2) is 45.6 Å². The number of aliphatic hydroxyl groups excluding tert-OH is 1. The molecule has 0 aliphatic carbocycles. The van der Waals surface area contributed by atoms with Crippen molar-refractivity contribution < 1.29 is 28.2 Å². The van der Waals surface area contributed by atoms with E-state index in [-0.39, 0.29) is 13.2 Å². The Kier molecular flexibility index (Phi) is 3.60. The van der Waals surface area contributed by atoms with Gasteiger partial charge in [0, 0.05) is 24.3 Å². The largest absolute Gasteiger partial charge is 0.463 e. The van der Waals surface area contributed by atoms with Crippen molar-refractivity contribution >= 4 is 28.2 Å². The van der Waals surface area contributed by atoms with Gasteiger partial charge in [-0.25, -0.2) is 4.79 Å². The molecule has 0 aliphatic rings. The van der Waals surface area contributed by atoms with Crippen LogP contribution in [0, 0.1) is 0 Å². The molecule has 24 heavy (non-hydrogen) atoms. The maximum Gasteiger partial charge on any atom is 0.354 e. The van der Waals surface area contributed by atoms with Gasteiger partial charge in [0.1, 0.15) is 12.3 Å². The summed E-state index contributed by atoms with van der Waals surface area (Å²) in [6.07, 6.45) is 1.93. The fourth-order valence-corrected chi connectivity index (χ4v) is 2.42. The number of nitrogens with one attached hydrogen (secondary N) is 2. The minimum atomic E-state index is -1.15. The van der Waals surface area contributed by atoms with E-state index in [0.29, 0.717) is 22.6 Å². The highest BCUT2D eigenvalue weighted by Crippen LogP contribution is 2.21. The van der Waals surface area contributed by atoms with Gasteiger partial charge in [-0.05, 0) is 0 Å². The second-order valence-corrected chi connectivity index (χ2v) is 5.16. The molecule has 1 atom stereocenters. The van der Waals surface area contributed by atoms with Crippen LogP contribution in [0.5, 0.6) is 0 Å². The van der Waals surface area contributed by atoms with E-state index in [2.05, 4.69) is 9.97 Å². The summed E-state index contributed by atoms with van der Waals surface area (Å²) in [4.78, 5) is 17.7. The van der Waals surface area contributed by atoms with Gasteiger partial charge < -0.3 is 33.4 Å². The SMILES string of the molecule is O=C(OCCOC(O)c1cc2occc2[nH]1)c1cc2occc2[nH]1. The normalized spacial score (nSPS) is 12.9. The van der Waals surface area contributed by atoms with Gasteiger partial charge in [-0.2, -0.15) is 0 Å². The van der Waals surface area contributed by atoms with Crippen LogP contribution >= 0.6 is 0 Å². The average molecular weight is 330 g/mol. The summed E-state index contributed by atoms with van der Waals surface area (Å²) in [5.74, 6) is -0.517. The number of carbonyl (C=O) groups is 1. The molecule has 8 nitrogen and oxygen atoms in total. The lowest BCUT2D eigenvalue weighted by atomic mass is 10.4. The average Bonchev–Trinajstić information content (AvgIpc) is 3.28. The lowest BCUT2D eigenvalue weighted by Crippen LogP contribution is -2.13. The van der Waals surface area contributed by atoms with Crippen molar-refractivity contribution in [1.82, 2.24) is 9.97 Å². The highest BCUT2D eigenvalue weighted by molar-refractivity contribution is 5.93. The first kappa shape index (κ1) is 14.6. The van der Waals surface area contributed by atoms with Crippen molar-refractivity contribution in [1.29, 1.82) is 0 Å². The van der Waals surface area contributed by atoms with Crippen molar-refractivity contribution in [3.63, 3.8) is 0 Å². The Labute approximate surface area is 135 Å². The number of hydrogen-bond donors (Lipinski definition) is 3. The zero-order valence-electron chi connectivity index (χ0n) is 12.4. The molecule has 4 rings (SSSR count). The highest BCUT2D eigenvalue weighted by atomic mass is 16.6. The topological polar surface area (TPSA) is 114 Å². The lowest BCUT2D eigenvalue weighted by Gasteiger charge is -2.10. The van der Waals surface area contributed by atoms with Crippen molar-refractivity contribution in [2.75, 3.05) is 13.2 Å². The first-order valence-corrected chi connectivity index (χ1v) is 7.30. The molecule has 0 bridgehead atoms. The van der Waals surface area contributed by atoms with Crippen LogP contribution in [-0.4, -0.2) is 34.3 Å². The third-order valence-corrected chi connectivity index (χ3v) is 3.58. The first-order valence-electron chi connectivity index (χ1n) is 7.30. The third-order valence-electron chi connectivity index (χ3n) is 3.58. The predicted molar refractivity (Wildman–Crippen MR) is 82.3 cm³/mol. The Morgan fingerprint density at radius 3 is 2.50 bits per heavy atom. The van der Waals surface area contributed by atoms with Gasteiger partial charge in [0.25, 0.3) is 0 Å². The molecule has 4 heterocycles. The van der Waals surface area contributed by atoms with Crippen LogP contribution < -0.4 is 0 Å². The molecule has 0 aliphatic heterocycles. The Hall–Kier alpha value is -2.97. The molecule has 3 N–H and O–H groups in total. The number of ether oxygens (including phenoxy) is 2. The Morgan fingerprint density at radius 2 is 1.79 bits per heavy atom. The lowest BCUT2D eigenvalue weighted by molar-refractivity contribution is -0.113. The van der Waals surface area contributed by atoms with Gasteiger partial charge in [0.15, 0.2) is 17.5 Å². The van der Waals surface area contributed by atoms with Crippen molar-refractivity contribution in [3.8, 4) is 0 Å². The second-order valence-electron chi connectivity index (χ2n) is 5.16. The molecule has 0 radical (unpaired) electrons. The summed E-state index contributed by atoms with van der Waals surface area (Å²) in [5, 5.41) is 9.94. The summed E-state index contributed by atoms with van der Waals surface area (Å²) in [5.41, 5.74) is 3.50. The Balaban J connectivity index is 1.27. The molecule has 4 aromatic rings. The Morgan fingerprint density at radius 1 is 1.08 bits per heavy atom. The smallest absolute Gasteiger partial charge is 0.354 e. The summed E-state index contributed by atoms with van der Waals surface area (Å²) in [7, 11) is 0. The number of aromatic amines is 2. The van der Waals surface area contributed by atoms with E-state index in [0.717, 1.165) is 11.0 Å². The van der Waals surface area contributed by atoms with E-state index in [4.69, 9.17) is 18.3 Å². The number of rotatable bonds is 6. The number of hydrogen-bond acceptors (Lipinski definition) is 6. The zero-order chi connectivity index (χ0) is 16.5. The third kappa shape index (κ3) is 2.68. The van der Waals surface area contributed by atoms with E-state index in [1.807, 2.05) is 0 Å². The van der Waals surface area contributed by atoms with Crippen molar-refractivity contribution in [3.05, 3.63) is 48.2 Å². The minimum absolute atomic E-state index is 0.00705. The summed E-state index contributed by atoms with van der Waals surface area (Å²) >= 11 is 0. The summed E-state index contributed by atoms with van der Waals surface area (Å²) in [6, 6.07) is 6.69. The number of aromatic nitrogens is 2. The predicted octanol–water partition coefficient (Wildman–Crippen LogP) is 2.70. The fraction of sp³-hybridized carbons (Fsp3) is 0.188. The quantitative estimate of drug-likeness (QED) is 0.284. The van der Waals surface area contributed by atoms with Gasteiger partial charge in [0.05, 0.1) is 35.9 Å². The van der Waals surface area contributed by atoms with Crippen LogP contribution in [0.1, 0.15) is 22.5 Å². The number of carbonyl (C=O) groups excluding carboxylic acids is 1. The monoisotopic (exact) mass is 330 g/mol. The molecule has 124 valence electrons. The first-order chi connectivity index (χ1) is 11.7. The van der Waals surface area contributed by atoms with Gasteiger partial charge in [-0.3, -0.25) is 0 Å². The van der Waals surface area contributed by atoms with E-state index in [1.165, 1.54) is 6.26 Å². The molecule has 0 spiro atoms. The van der Waals surface area contributed by atoms with Crippen LogP contribution in [-0.2, 0) is 9.47 Å². The molecule has 8 heteroatoms. The molecular formula is C16H14N2O6. The minimum Gasteiger partial charge on any atom is -0.463 e. The summed E-state index contributed by atoms with van der Waals surface area (Å²) in [6.45, 7) is 0.0528. The van der Waals surface area contributed by atoms with E-state index >= 15 is 0 Å². The second kappa shape index (κ2) is 5.91. The number of fused-ring (bicyclic) bond motifs is 2. The van der Waals surface area contributed by atoms with E-state index < -0.39 is 12.3 Å². The molecule has 0 aromatic carbocycles. The number of aliphatic hydroxyl groups is 1. The maximum atomic E-state index is 11.9. The highest BCUT2D eigenvalue weighted by Gasteiger charge is 2.15. The van der Waals surface area contributed by atoms with Crippen LogP contribution in [0.3, 0.4) is 0 Å². The van der Waals surface area contributed by atoms with Crippen molar-refractivity contribution in [2.24, 2.45) is 0 Å². The van der Waals surface area contributed by atoms with Crippen LogP contribution in [0.25, 0.3) is 22.2 Å². The van der Waals surface area contributed by atoms with Crippen LogP contribution in [0.4, 0.5) is 0 Å². The van der Waals surface area contributed by atoms with Crippen molar-refractivity contribution in [2.45, 2.75) is 6.29 Å². The number of H-pyrrole nitrogens is 2. The molecule has 1 unspecified atom stereocenters. The zero-order valence-corrected chi connectivity index (χ0v) is 12.4. The van der Waals surface area contributed by atoms with Gasteiger partial charge in [-0.1, -0.05) is 0 Å².